The summed E-state index contributed by atoms with van der Waals surface area (Å²) >= 11 is 6.12. The number of nitrogens with zero attached hydrogens (tertiary/aromatic N) is 2. The molecule has 1 aromatic carbocycles. The van der Waals surface area contributed by atoms with E-state index in [-0.39, 0.29) is 0 Å². The molecule has 0 aliphatic rings. The third-order valence-corrected chi connectivity index (χ3v) is 3.03. The van der Waals surface area contributed by atoms with Gasteiger partial charge in [-0.3, -0.25) is 4.98 Å². The Balaban J connectivity index is 1.94. The van der Waals surface area contributed by atoms with E-state index in [1.54, 1.807) is 18.6 Å². The molecule has 5 heteroatoms. The van der Waals surface area contributed by atoms with Crippen LogP contribution < -0.4 is 5.32 Å². The molecule has 3 rings (SSSR count). The molecule has 2 aromatic heterocycles. The van der Waals surface area contributed by atoms with E-state index in [4.69, 9.17) is 11.6 Å². The number of aromatic amines is 1. The molecule has 3 aromatic rings. The summed E-state index contributed by atoms with van der Waals surface area (Å²) in [6.07, 6.45) is 5.28. The summed E-state index contributed by atoms with van der Waals surface area (Å²) in [7, 11) is 0. The number of nitrogens with one attached hydrogen (secondary N) is 2. The zero-order valence-electron chi connectivity index (χ0n) is 9.52. The molecule has 2 N–H and O–H groups in total. The molecule has 0 radical (unpaired) electrons. The van der Waals surface area contributed by atoms with Gasteiger partial charge in [-0.1, -0.05) is 11.6 Å². The molecule has 0 amide bonds. The molecule has 2 heterocycles. The summed E-state index contributed by atoms with van der Waals surface area (Å²) in [6.45, 7) is 0.638. The quantitative estimate of drug-likeness (QED) is 0.758. The fourth-order valence-electron chi connectivity index (χ4n) is 1.87. The molecular weight excluding hydrogens is 248 g/mol. The number of hydrogen-bond acceptors (Lipinski definition) is 3. The monoisotopic (exact) mass is 258 g/mol. The van der Waals surface area contributed by atoms with Crippen LogP contribution in [-0.2, 0) is 6.54 Å². The third-order valence-electron chi connectivity index (χ3n) is 2.72. The highest BCUT2D eigenvalue weighted by molar-refractivity contribution is 6.35. The minimum atomic E-state index is 0.638. The van der Waals surface area contributed by atoms with Gasteiger partial charge in [-0.05, 0) is 24.3 Å². The Morgan fingerprint density at radius 1 is 1.17 bits per heavy atom. The second-order valence-corrected chi connectivity index (χ2v) is 4.29. The molecule has 0 spiro atoms. The first-order valence-corrected chi connectivity index (χ1v) is 5.98. The van der Waals surface area contributed by atoms with Gasteiger partial charge in [-0.25, -0.2) is 4.98 Å². The number of anilines is 1. The molecule has 0 saturated carbocycles. The Morgan fingerprint density at radius 3 is 2.94 bits per heavy atom. The van der Waals surface area contributed by atoms with Crippen molar-refractivity contribution in [1.82, 2.24) is 15.0 Å². The van der Waals surface area contributed by atoms with Crippen molar-refractivity contribution in [1.29, 1.82) is 0 Å². The Kier molecular flexibility index (Phi) is 2.86. The maximum Gasteiger partial charge on any atom is 0.125 e. The summed E-state index contributed by atoms with van der Waals surface area (Å²) in [5.41, 5.74) is 1.81. The van der Waals surface area contributed by atoms with Crippen molar-refractivity contribution in [3.05, 3.63) is 53.7 Å². The zero-order valence-corrected chi connectivity index (χ0v) is 10.3. The lowest BCUT2D eigenvalue weighted by atomic mass is 10.2. The van der Waals surface area contributed by atoms with Crippen molar-refractivity contribution in [2.24, 2.45) is 0 Å². The molecule has 0 aliphatic heterocycles. The van der Waals surface area contributed by atoms with Gasteiger partial charge in [0.1, 0.15) is 5.82 Å². The SMILES string of the molecule is Clc1ccc(NCc2ncc[nH]2)c2cccnc12. The van der Waals surface area contributed by atoms with Crippen LogP contribution in [0.4, 0.5) is 5.69 Å². The lowest BCUT2D eigenvalue weighted by molar-refractivity contribution is 1.00. The van der Waals surface area contributed by atoms with Crippen LogP contribution in [-0.4, -0.2) is 15.0 Å². The fraction of sp³-hybridized carbons (Fsp3) is 0.0769. The molecule has 4 nitrogen and oxygen atoms in total. The summed E-state index contributed by atoms with van der Waals surface area (Å²) < 4.78 is 0. The molecule has 0 fully saturated rings. The number of halogens is 1. The van der Waals surface area contributed by atoms with Crippen molar-refractivity contribution >= 4 is 28.2 Å². The number of fused-ring (bicyclic) bond motifs is 1. The van der Waals surface area contributed by atoms with E-state index >= 15 is 0 Å². The first-order chi connectivity index (χ1) is 8.84. The fourth-order valence-corrected chi connectivity index (χ4v) is 2.08. The molecule has 90 valence electrons. The van der Waals surface area contributed by atoms with Gasteiger partial charge >= 0.3 is 0 Å². The number of H-pyrrole nitrogens is 1. The predicted octanol–water partition coefficient (Wildman–Crippen LogP) is 3.22. The van der Waals surface area contributed by atoms with Gasteiger partial charge < -0.3 is 10.3 Å². The normalized spacial score (nSPS) is 10.7. The van der Waals surface area contributed by atoms with Gasteiger partial charge in [0.15, 0.2) is 0 Å². The van der Waals surface area contributed by atoms with Crippen molar-refractivity contribution in [2.45, 2.75) is 6.54 Å². The average molecular weight is 259 g/mol. The lowest BCUT2D eigenvalue weighted by Crippen LogP contribution is -2.01. The van der Waals surface area contributed by atoms with E-state index in [9.17, 15) is 0 Å². The highest BCUT2D eigenvalue weighted by Gasteiger charge is 2.05. The van der Waals surface area contributed by atoms with E-state index < -0.39 is 0 Å². The van der Waals surface area contributed by atoms with Gasteiger partial charge in [-0.15, -0.1) is 0 Å². The number of pyridine rings is 1. The Hall–Kier alpha value is -2.07. The van der Waals surface area contributed by atoms with Crippen molar-refractivity contribution < 1.29 is 0 Å². The second-order valence-electron chi connectivity index (χ2n) is 3.88. The van der Waals surface area contributed by atoms with Crippen LogP contribution in [0.25, 0.3) is 10.9 Å². The third kappa shape index (κ3) is 2.02. The summed E-state index contributed by atoms with van der Waals surface area (Å²) in [4.78, 5) is 11.5. The van der Waals surface area contributed by atoms with E-state index in [1.165, 1.54) is 0 Å². The maximum absolute atomic E-state index is 6.12. The zero-order chi connectivity index (χ0) is 12.4. The Labute approximate surface area is 109 Å². The average Bonchev–Trinajstić information content (AvgIpc) is 2.92. The Morgan fingerprint density at radius 2 is 2.11 bits per heavy atom. The Bertz CT molecular complexity index is 664. The van der Waals surface area contributed by atoms with E-state index in [2.05, 4.69) is 20.3 Å². The summed E-state index contributed by atoms with van der Waals surface area (Å²) in [5, 5.41) is 5.00. The number of hydrogen-bond donors (Lipinski definition) is 2. The largest absolute Gasteiger partial charge is 0.377 e. The molecule has 0 aliphatic carbocycles. The predicted molar refractivity (Wildman–Crippen MR) is 72.7 cm³/mol. The van der Waals surface area contributed by atoms with Crippen molar-refractivity contribution in [3.63, 3.8) is 0 Å². The second kappa shape index (κ2) is 4.66. The van der Waals surface area contributed by atoms with Crippen LogP contribution in [0.1, 0.15) is 5.82 Å². The maximum atomic E-state index is 6.12. The number of aromatic nitrogens is 3. The van der Waals surface area contributed by atoms with E-state index in [1.807, 2.05) is 24.3 Å². The van der Waals surface area contributed by atoms with Crippen LogP contribution in [0.2, 0.25) is 5.02 Å². The van der Waals surface area contributed by atoms with Gasteiger partial charge in [0.25, 0.3) is 0 Å². The minimum absolute atomic E-state index is 0.638. The molecule has 18 heavy (non-hydrogen) atoms. The first-order valence-electron chi connectivity index (χ1n) is 5.60. The van der Waals surface area contributed by atoms with Crippen LogP contribution in [0.15, 0.2) is 42.9 Å². The lowest BCUT2D eigenvalue weighted by Gasteiger charge is -2.09. The van der Waals surface area contributed by atoms with Gasteiger partial charge in [-0.2, -0.15) is 0 Å². The van der Waals surface area contributed by atoms with Gasteiger partial charge in [0.2, 0.25) is 0 Å². The van der Waals surface area contributed by atoms with E-state index in [0.29, 0.717) is 11.6 Å². The van der Waals surface area contributed by atoms with E-state index in [0.717, 1.165) is 22.4 Å². The van der Waals surface area contributed by atoms with Crippen LogP contribution in [0, 0.1) is 0 Å². The van der Waals surface area contributed by atoms with Gasteiger partial charge in [0, 0.05) is 29.7 Å². The van der Waals surface area contributed by atoms with Crippen LogP contribution >= 0.6 is 11.6 Å². The van der Waals surface area contributed by atoms with Gasteiger partial charge in [0.05, 0.1) is 17.1 Å². The minimum Gasteiger partial charge on any atom is -0.377 e. The molecule has 0 atom stereocenters. The van der Waals surface area contributed by atoms with Crippen LogP contribution in [0.5, 0.6) is 0 Å². The molecular formula is C13H11ClN4. The number of benzene rings is 1. The topological polar surface area (TPSA) is 53.6 Å². The highest BCUT2D eigenvalue weighted by Crippen LogP contribution is 2.28. The standard InChI is InChI=1S/C13H11ClN4/c14-10-3-4-11(9-2-1-5-17-13(9)10)18-8-12-15-6-7-16-12/h1-7,18H,8H2,(H,15,16). The molecule has 0 unspecified atom stereocenters. The first kappa shape index (κ1) is 11.0. The van der Waals surface area contributed by atoms with Crippen molar-refractivity contribution in [2.75, 3.05) is 5.32 Å². The molecule has 0 saturated heterocycles. The number of imidazole rings is 1. The summed E-state index contributed by atoms with van der Waals surface area (Å²) in [6, 6.07) is 7.70. The highest BCUT2D eigenvalue weighted by atomic mass is 35.5. The number of rotatable bonds is 3. The molecule has 0 bridgehead atoms. The van der Waals surface area contributed by atoms with Crippen LogP contribution in [0.3, 0.4) is 0 Å². The smallest absolute Gasteiger partial charge is 0.125 e. The van der Waals surface area contributed by atoms with Crippen molar-refractivity contribution in [3.8, 4) is 0 Å². The summed E-state index contributed by atoms with van der Waals surface area (Å²) in [5.74, 6) is 0.891.